The summed E-state index contributed by atoms with van der Waals surface area (Å²) in [4.78, 5) is 20.4. The standard InChI is InChI=1S/C17H13ClN2O2S/c18-15-7-2-1-6-14(15)17-20-13(11-23-17)9-16(21)22-10-12-5-3-4-8-19-12/h1-8,11H,9-10H2. The second-order valence-corrected chi connectivity index (χ2v) is 6.05. The van der Waals surface area contributed by atoms with Gasteiger partial charge in [0.15, 0.2) is 0 Å². The van der Waals surface area contributed by atoms with Gasteiger partial charge in [-0.15, -0.1) is 11.3 Å². The molecule has 3 rings (SSSR count). The third-order valence-electron chi connectivity index (χ3n) is 3.09. The molecule has 0 N–H and O–H groups in total. The molecule has 0 aliphatic heterocycles. The van der Waals surface area contributed by atoms with Crippen LogP contribution in [0.25, 0.3) is 10.6 Å². The van der Waals surface area contributed by atoms with Crippen LogP contribution in [0.3, 0.4) is 0 Å². The first kappa shape index (κ1) is 15.6. The van der Waals surface area contributed by atoms with Crippen LogP contribution >= 0.6 is 22.9 Å². The number of hydrogen-bond acceptors (Lipinski definition) is 5. The van der Waals surface area contributed by atoms with Crippen LogP contribution < -0.4 is 0 Å². The van der Waals surface area contributed by atoms with Crippen LogP contribution in [0.5, 0.6) is 0 Å². The molecular weight excluding hydrogens is 332 g/mol. The van der Waals surface area contributed by atoms with E-state index in [0.29, 0.717) is 10.7 Å². The molecule has 23 heavy (non-hydrogen) atoms. The van der Waals surface area contributed by atoms with Crippen molar-refractivity contribution in [3.63, 3.8) is 0 Å². The number of nitrogens with zero attached hydrogens (tertiary/aromatic N) is 2. The van der Waals surface area contributed by atoms with Crippen molar-refractivity contribution in [1.29, 1.82) is 0 Å². The highest BCUT2D eigenvalue weighted by molar-refractivity contribution is 7.13. The van der Waals surface area contributed by atoms with Gasteiger partial charge in [-0.1, -0.05) is 35.9 Å². The number of carbonyl (C=O) groups is 1. The Morgan fingerprint density at radius 2 is 1.96 bits per heavy atom. The topological polar surface area (TPSA) is 52.1 Å². The Kier molecular flexibility index (Phi) is 5.00. The van der Waals surface area contributed by atoms with Gasteiger partial charge in [-0.2, -0.15) is 0 Å². The summed E-state index contributed by atoms with van der Waals surface area (Å²) in [6.07, 6.45) is 1.80. The zero-order chi connectivity index (χ0) is 16.1. The van der Waals surface area contributed by atoms with Crippen LogP contribution in [0.2, 0.25) is 5.02 Å². The second kappa shape index (κ2) is 7.35. The molecule has 2 heterocycles. The number of carbonyl (C=O) groups excluding carboxylic acids is 1. The number of pyridine rings is 1. The van der Waals surface area contributed by atoms with Crippen molar-refractivity contribution in [2.75, 3.05) is 0 Å². The zero-order valence-corrected chi connectivity index (χ0v) is 13.7. The van der Waals surface area contributed by atoms with E-state index in [4.69, 9.17) is 16.3 Å². The summed E-state index contributed by atoms with van der Waals surface area (Å²) in [5.74, 6) is -0.327. The maximum absolute atomic E-state index is 11.9. The van der Waals surface area contributed by atoms with Crippen molar-refractivity contribution < 1.29 is 9.53 Å². The quantitative estimate of drug-likeness (QED) is 0.652. The minimum absolute atomic E-state index is 0.133. The van der Waals surface area contributed by atoms with Gasteiger partial charge < -0.3 is 4.74 Å². The van der Waals surface area contributed by atoms with Crippen molar-refractivity contribution in [3.05, 3.63) is 70.5 Å². The molecule has 6 heteroatoms. The lowest BCUT2D eigenvalue weighted by atomic mass is 10.2. The average molecular weight is 345 g/mol. The molecule has 1 aromatic carbocycles. The number of ether oxygens (including phenoxy) is 1. The van der Waals surface area contributed by atoms with Crippen LogP contribution in [-0.4, -0.2) is 15.9 Å². The SMILES string of the molecule is O=C(Cc1csc(-c2ccccc2Cl)n1)OCc1ccccn1. The van der Waals surface area contributed by atoms with Gasteiger partial charge in [0.05, 0.1) is 22.8 Å². The molecule has 0 amide bonds. The summed E-state index contributed by atoms with van der Waals surface area (Å²) < 4.78 is 5.21. The minimum Gasteiger partial charge on any atom is -0.459 e. The molecule has 0 fully saturated rings. The highest BCUT2D eigenvalue weighted by atomic mass is 35.5. The van der Waals surface area contributed by atoms with Crippen molar-refractivity contribution >= 4 is 28.9 Å². The first-order valence-corrected chi connectivity index (χ1v) is 8.23. The van der Waals surface area contributed by atoms with Crippen molar-refractivity contribution in [2.45, 2.75) is 13.0 Å². The summed E-state index contributed by atoms with van der Waals surface area (Å²) in [5, 5.41) is 3.29. The van der Waals surface area contributed by atoms with E-state index in [1.165, 1.54) is 11.3 Å². The summed E-state index contributed by atoms with van der Waals surface area (Å²) in [7, 11) is 0. The Morgan fingerprint density at radius 3 is 2.74 bits per heavy atom. The Balaban J connectivity index is 1.61. The number of rotatable bonds is 5. The van der Waals surface area contributed by atoms with Gasteiger partial charge in [0, 0.05) is 17.1 Å². The first-order valence-electron chi connectivity index (χ1n) is 6.97. The Bertz CT molecular complexity index is 805. The molecule has 0 aliphatic rings. The zero-order valence-electron chi connectivity index (χ0n) is 12.1. The molecule has 2 aromatic heterocycles. The predicted octanol–water partition coefficient (Wildman–Crippen LogP) is 4.14. The van der Waals surface area contributed by atoms with E-state index in [9.17, 15) is 4.79 Å². The lowest BCUT2D eigenvalue weighted by Crippen LogP contribution is -2.08. The Labute approximate surface area is 142 Å². The van der Waals surface area contributed by atoms with E-state index in [0.717, 1.165) is 16.3 Å². The monoisotopic (exact) mass is 344 g/mol. The molecular formula is C17H13ClN2O2S. The van der Waals surface area contributed by atoms with Crippen molar-refractivity contribution in [2.24, 2.45) is 0 Å². The van der Waals surface area contributed by atoms with E-state index < -0.39 is 0 Å². The summed E-state index contributed by atoms with van der Waals surface area (Å²) in [5.41, 5.74) is 2.26. The van der Waals surface area contributed by atoms with Gasteiger partial charge in [-0.25, -0.2) is 4.98 Å². The highest BCUT2D eigenvalue weighted by Crippen LogP contribution is 2.30. The normalized spacial score (nSPS) is 10.5. The molecule has 0 saturated heterocycles. The molecule has 0 unspecified atom stereocenters. The van der Waals surface area contributed by atoms with Gasteiger partial charge >= 0.3 is 5.97 Å². The Hall–Kier alpha value is -2.24. The maximum Gasteiger partial charge on any atom is 0.312 e. The smallest absolute Gasteiger partial charge is 0.312 e. The third kappa shape index (κ3) is 4.15. The number of aromatic nitrogens is 2. The fourth-order valence-corrected chi connectivity index (χ4v) is 3.12. The van der Waals surface area contributed by atoms with Crippen LogP contribution in [-0.2, 0) is 22.6 Å². The van der Waals surface area contributed by atoms with Crippen LogP contribution in [0.1, 0.15) is 11.4 Å². The fraction of sp³-hybridized carbons (Fsp3) is 0.118. The van der Waals surface area contributed by atoms with E-state index in [2.05, 4.69) is 9.97 Å². The number of hydrogen-bond donors (Lipinski definition) is 0. The largest absolute Gasteiger partial charge is 0.459 e. The molecule has 0 aliphatic carbocycles. The lowest BCUT2D eigenvalue weighted by molar-refractivity contribution is -0.144. The van der Waals surface area contributed by atoms with E-state index in [1.807, 2.05) is 47.8 Å². The molecule has 4 nitrogen and oxygen atoms in total. The van der Waals surface area contributed by atoms with Crippen molar-refractivity contribution in [1.82, 2.24) is 9.97 Å². The molecule has 3 aromatic rings. The predicted molar refractivity (Wildman–Crippen MR) is 90.3 cm³/mol. The number of thiazole rings is 1. The molecule has 0 atom stereocenters. The number of esters is 1. The van der Waals surface area contributed by atoms with Crippen LogP contribution in [0.4, 0.5) is 0 Å². The van der Waals surface area contributed by atoms with Gasteiger partial charge in [-0.05, 0) is 18.2 Å². The average Bonchev–Trinajstić information content (AvgIpc) is 3.02. The summed E-state index contributed by atoms with van der Waals surface area (Å²) >= 11 is 7.62. The maximum atomic E-state index is 11.9. The summed E-state index contributed by atoms with van der Waals surface area (Å²) in [6, 6.07) is 13.0. The van der Waals surface area contributed by atoms with Gasteiger partial charge in [0.2, 0.25) is 0 Å². The highest BCUT2D eigenvalue weighted by Gasteiger charge is 2.12. The fourth-order valence-electron chi connectivity index (χ4n) is 1.98. The molecule has 116 valence electrons. The third-order valence-corrected chi connectivity index (χ3v) is 4.34. The lowest BCUT2D eigenvalue weighted by Gasteiger charge is -2.03. The first-order chi connectivity index (χ1) is 11.2. The van der Waals surface area contributed by atoms with Gasteiger partial charge in [0.25, 0.3) is 0 Å². The van der Waals surface area contributed by atoms with E-state index in [1.54, 1.807) is 6.20 Å². The number of benzene rings is 1. The summed E-state index contributed by atoms with van der Waals surface area (Å²) in [6.45, 7) is 0.168. The Morgan fingerprint density at radius 1 is 1.13 bits per heavy atom. The van der Waals surface area contributed by atoms with Crippen LogP contribution in [0.15, 0.2) is 54.0 Å². The second-order valence-electron chi connectivity index (χ2n) is 4.78. The minimum atomic E-state index is -0.327. The molecule has 0 spiro atoms. The molecule has 0 bridgehead atoms. The van der Waals surface area contributed by atoms with Crippen LogP contribution in [0, 0.1) is 0 Å². The van der Waals surface area contributed by atoms with E-state index >= 15 is 0 Å². The van der Waals surface area contributed by atoms with Gasteiger partial charge in [-0.3, -0.25) is 9.78 Å². The molecule has 0 saturated carbocycles. The molecule has 0 radical (unpaired) electrons. The van der Waals surface area contributed by atoms with Crippen molar-refractivity contribution in [3.8, 4) is 10.6 Å². The number of halogens is 1. The van der Waals surface area contributed by atoms with E-state index in [-0.39, 0.29) is 19.0 Å². The van der Waals surface area contributed by atoms with Gasteiger partial charge in [0.1, 0.15) is 11.6 Å².